The van der Waals surface area contributed by atoms with Crippen LogP contribution in [0.25, 0.3) is 0 Å². The molecule has 1 aromatic carbocycles. The first-order valence-corrected chi connectivity index (χ1v) is 9.60. The molecular weight excluding hydrogens is 399 g/mol. The molecule has 0 saturated heterocycles. The van der Waals surface area contributed by atoms with Gasteiger partial charge in [-0.3, -0.25) is 14.9 Å². The Morgan fingerprint density at radius 3 is 2.73 bits per heavy atom. The number of amidine groups is 1. The third kappa shape index (κ3) is 3.67. The van der Waals surface area contributed by atoms with Crippen LogP contribution in [0.15, 0.2) is 23.2 Å². The van der Waals surface area contributed by atoms with Gasteiger partial charge in [-0.1, -0.05) is 13.8 Å². The lowest BCUT2D eigenvalue weighted by Crippen LogP contribution is -2.47. The van der Waals surface area contributed by atoms with Crippen LogP contribution in [0.2, 0.25) is 0 Å². The van der Waals surface area contributed by atoms with Gasteiger partial charge in [-0.15, -0.1) is 0 Å². The predicted octanol–water partition coefficient (Wildman–Crippen LogP) is 3.30. The van der Waals surface area contributed by atoms with Gasteiger partial charge in [0.25, 0.3) is 11.8 Å². The number of rotatable bonds is 5. The van der Waals surface area contributed by atoms with E-state index >= 15 is 8.78 Å². The fraction of sp³-hybridized carbons (Fsp3) is 0.450. The summed E-state index contributed by atoms with van der Waals surface area (Å²) in [6.45, 7) is 3.92. The molecule has 0 bridgehead atoms. The van der Waals surface area contributed by atoms with E-state index in [1.807, 2.05) is 6.92 Å². The fourth-order valence-electron chi connectivity index (χ4n) is 3.66. The first-order valence-electron chi connectivity index (χ1n) is 9.60. The van der Waals surface area contributed by atoms with Gasteiger partial charge in [-0.05, 0) is 38.0 Å². The monoisotopic (exact) mass is 423 g/mol. The van der Waals surface area contributed by atoms with E-state index in [-0.39, 0.29) is 35.8 Å². The summed E-state index contributed by atoms with van der Waals surface area (Å²) in [4.78, 5) is 16.6. The molecule has 1 atom stereocenters. The number of nitrogens with two attached hydrogens (primary N) is 1. The van der Waals surface area contributed by atoms with Crippen molar-refractivity contribution in [2.24, 2.45) is 10.7 Å². The van der Waals surface area contributed by atoms with E-state index in [0.29, 0.717) is 12.0 Å². The Labute approximate surface area is 171 Å². The Morgan fingerprint density at radius 2 is 2.10 bits per heavy atom. The molecule has 162 valence electrons. The summed E-state index contributed by atoms with van der Waals surface area (Å²) < 4.78 is 49.7. The van der Waals surface area contributed by atoms with Crippen LogP contribution in [-0.2, 0) is 16.7 Å². The number of nitrogens with zero attached hydrogens (tertiary/aromatic N) is 2. The summed E-state index contributed by atoms with van der Waals surface area (Å²) in [7, 11) is 0. The number of carbonyl (C=O) groups excluding carboxylic acids is 1. The molecule has 1 aliphatic rings. The van der Waals surface area contributed by atoms with Gasteiger partial charge in [0.15, 0.2) is 11.2 Å². The molecule has 0 aliphatic carbocycles. The highest BCUT2D eigenvalue weighted by Gasteiger charge is 2.56. The van der Waals surface area contributed by atoms with E-state index in [1.54, 1.807) is 6.92 Å². The van der Waals surface area contributed by atoms with Crippen molar-refractivity contribution in [2.45, 2.75) is 45.1 Å². The van der Waals surface area contributed by atoms with Gasteiger partial charge >= 0.3 is 0 Å². The molecule has 1 amide bonds. The minimum Gasteiger partial charge on any atom is -0.385 e. The Balaban J connectivity index is 2.03. The summed E-state index contributed by atoms with van der Waals surface area (Å²) in [6.07, 6.45) is 0.444. The maximum Gasteiger partial charge on any atom is 0.299 e. The van der Waals surface area contributed by atoms with Crippen LogP contribution >= 0.6 is 0 Å². The minimum absolute atomic E-state index is 0.138. The van der Waals surface area contributed by atoms with Crippen LogP contribution in [0.3, 0.4) is 0 Å². The zero-order valence-corrected chi connectivity index (χ0v) is 17.0. The summed E-state index contributed by atoms with van der Waals surface area (Å²) >= 11 is 0. The number of nitrogens with one attached hydrogen (secondary N) is 2. The van der Waals surface area contributed by atoms with Crippen LogP contribution in [0.1, 0.15) is 47.6 Å². The van der Waals surface area contributed by atoms with E-state index in [0.717, 1.165) is 17.8 Å². The van der Waals surface area contributed by atoms with E-state index in [4.69, 9.17) is 10.5 Å². The predicted molar refractivity (Wildman–Crippen MR) is 106 cm³/mol. The van der Waals surface area contributed by atoms with Crippen LogP contribution < -0.4 is 11.1 Å². The van der Waals surface area contributed by atoms with E-state index in [2.05, 4.69) is 20.5 Å². The lowest BCUT2D eigenvalue weighted by Gasteiger charge is -2.36. The maximum atomic E-state index is 15.0. The quantitative estimate of drug-likeness (QED) is 0.686. The molecule has 30 heavy (non-hydrogen) atoms. The number of hydrogen-bond acceptors (Lipinski definition) is 5. The Bertz CT molecular complexity index is 989. The summed E-state index contributed by atoms with van der Waals surface area (Å²) in [6, 6.07) is 3.47. The number of anilines is 1. The molecule has 10 heteroatoms. The van der Waals surface area contributed by atoms with Gasteiger partial charge in [0.05, 0.1) is 0 Å². The molecule has 0 radical (unpaired) electrons. The fourth-order valence-corrected chi connectivity index (χ4v) is 3.66. The van der Waals surface area contributed by atoms with Crippen molar-refractivity contribution >= 4 is 17.4 Å². The number of alkyl halides is 2. The first kappa shape index (κ1) is 21.8. The second kappa shape index (κ2) is 8.10. The number of aryl methyl sites for hydroxylation is 1. The van der Waals surface area contributed by atoms with Crippen molar-refractivity contribution in [1.82, 2.24) is 10.2 Å². The smallest absolute Gasteiger partial charge is 0.299 e. The highest BCUT2D eigenvalue weighted by molar-refractivity contribution is 6.04. The van der Waals surface area contributed by atoms with Gasteiger partial charge in [-0.25, -0.2) is 13.2 Å². The lowest BCUT2D eigenvalue weighted by atomic mass is 9.81. The maximum absolute atomic E-state index is 15.0. The number of aliphatic imine (C=N–C) groups is 1. The largest absolute Gasteiger partial charge is 0.385 e. The van der Waals surface area contributed by atoms with E-state index in [9.17, 15) is 9.18 Å². The zero-order chi connectivity index (χ0) is 22.1. The first-order chi connectivity index (χ1) is 14.1. The second-order valence-corrected chi connectivity index (χ2v) is 7.19. The molecule has 7 nitrogen and oxygen atoms in total. The number of amides is 1. The van der Waals surface area contributed by atoms with E-state index in [1.165, 1.54) is 13.0 Å². The number of carbonyl (C=O) groups is 1. The normalized spacial score (nSPS) is 21.1. The Hall–Kier alpha value is -2.88. The summed E-state index contributed by atoms with van der Waals surface area (Å²) in [5.41, 5.74) is 4.91. The average Bonchev–Trinajstić information content (AvgIpc) is 3.02. The number of aromatic amines is 1. The van der Waals surface area contributed by atoms with Gasteiger partial charge in [0.2, 0.25) is 0 Å². The van der Waals surface area contributed by atoms with Crippen molar-refractivity contribution < 1.29 is 22.7 Å². The minimum atomic E-state index is -3.51. The van der Waals surface area contributed by atoms with Gasteiger partial charge in [0.1, 0.15) is 24.9 Å². The number of H-pyrrole nitrogens is 1. The highest BCUT2D eigenvalue weighted by atomic mass is 19.3. The topological polar surface area (TPSA) is 105 Å². The number of benzene rings is 1. The Kier molecular flexibility index (Phi) is 5.89. The van der Waals surface area contributed by atoms with Gasteiger partial charge in [0, 0.05) is 22.5 Å². The molecule has 1 aromatic heterocycles. The third-order valence-electron chi connectivity index (χ3n) is 5.33. The van der Waals surface area contributed by atoms with Crippen molar-refractivity contribution in [2.75, 3.05) is 18.5 Å². The molecule has 2 aromatic rings. The number of ether oxygens (including phenoxy) is 1. The molecule has 2 heterocycles. The van der Waals surface area contributed by atoms with Crippen LogP contribution in [0.5, 0.6) is 0 Å². The van der Waals surface area contributed by atoms with Gasteiger partial charge in [-0.2, -0.15) is 5.10 Å². The lowest BCUT2D eigenvalue weighted by molar-refractivity contribution is -0.123. The molecule has 3 rings (SSSR count). The molecule has 0 spiro atoms. The van der Waals surface area contributed by atoms with E-state index < -0.39 is 29.8 Å². The van der Waals surface area contributed by atoms with Crippen molar-refractivity contribution in [3.05, 3.63) is 46.5 Å². The van der Waals surface area contributed by atoms with Crippen LogP contribution in [0.4, 0.5) is 18.9 Å². The highest BCUT2D eigenvalue weighted by Crippen LogP contribution is 2.46. The van der Waals surface area contributed by atoms with Crippen molar-refractivity contribution in [3.63, 3.8) is 0 Å². The van der Waals surface area contributed by atoms with Crippen molar-refractivity contribution in [1.29, 1.82) is 0 Å². The molecule has 0 unspecified atom stereocenters. The summed E-state index contributed by atoms with van der Waals surface area (Å²) in [5, 5.41) is 9.38. The number of aromatic nitrogens is 2. The van der Waals surface area contributed by atoms with Crippen LogP contribution in [0, 0.1) is 12.7 Å². The summed E-state index contributed by atoms with van der Waals surface area (Å²) in [5.74, 6) is -5.08. The molecular formula is C20H24F3N5O2. The molecule has 1 aliphatic heterocycles. The third-order valence-corrected chi connectivity index (χ3v) is 5.33. The van der Waals surface area contributed by atoms with Crippen molar-refractivity contribution in [3.8, 4) is 0 Å². The standard InChI is InChI=1S/C20H24F3N5O2/c1-4-15-11(3)17(28-27-15)18(29)25-12-6-7-14(21)13(8-12)19(5-2)20(22,23)10-30-9-16(24)26-19/h6-8H,4-5,9-10H2,1-3H3,(H2,24,26)(H,25,29)(H,27,28)/t19-/m1/s1. The van der Waals surface area contributed by atoms with Crippen LogP contribution in [-0.4, -0.2) is 41.1 Å². The van der Waals surface area contributed by atoms with Gasteiger partial charge < -0.3 is 15.8 Å². The Morgan fingerprint density at radius 1 is 1.37 bits per heavy atom. The molecule has 0 saturated carbocycles. The SMILES string of the molecule is CCc1[nH]nc(C(=O)Nc2ccc(F)c([C@@]3(CC)N=C(N)COCC3(F)F)c2)c1C. The zero-order valence-electron chi connectivity index (χ0n) is 17.0. The average molecular weight is 423 g/mol. The molecule has 0 fully saturated rings. The number of hydrogen-bond donors (Lipinski definition) is 3. The molecule has 4 N–H and O–H groups in total. The second-order valence-electron chi connectivity index (χ2n) is 7.19. The number of halogens is 3.